The van der Waals surface area contributed by atoms with Gasteiger partial charge < -0.3 is 14.9 Å². The highest BCUT2D eigenvalue weighted by Gasteiger charge is 2.33. The van der Waals surface area contributed by atoms with Gasteiger partial charge in [0, 0.05) is 11.8 Å². The van der Waals surface area contributed by atoms with Crippen LogP contribution >= 0.6 is 23.1 Å². The van der Waals surface area contributed by atoms with Gasteiger partial charge in [0.2, 0.25) is 0 Å². The average Bonchev–Trinajstić information content (AvgIpc) is 3.63. The van der Waals surface area contributed by atoms with Crippen LogP contribution in [0.2, 0.25) is 0 Å². The van der Waals surface area contributed by atoms with Crippen LogP contribution < -0.4 is 4.74 Å². The van der Waals surface area contributed by atoms with Crippen molar-refractivity contribution in [2.75, 3.05) is 6.61 Å². The highest BCUT2D eigenvalue weighted by Crippen LogP contribution is 2.35. The number of amidine groups is 1. The second-order valence-corrected chi connectivity index (χ2v) is 10.3. The molecule has 4 aromatic rings. The number of rotatable bonds is 9. The monoisotopic (exact) mass is 545 g/mol. The number of thioether (sulfide) groups is 1. The Hall–Kier alpha value is -4.22. The minimum atomic E-state index is -0.456. The van der Waals surface area contributed by atoms with Gasteiger partial charge in [-0.25, -0.2) is 14.5 Å². The first-order valence-corrected chi connectivity index (χ1v) is 13.4. The van der Waals surface area contributed by atoms with Crippen molar-refractivity contribution in [2.24, 2.45) is 4.99 Å². The molecule has 1 amide bonds. The molecule has 1 aliphatic heterocycles. The molecule has 0 N–H and O–H groups in total. The summed E-state index contributed by atoms with van der Waals surface area (Å²) in [5, 5.41) is 13.8. The van der Waals surface area contributed by atoms with E-state index in [1.807, 2.05) is 78.2 Å². The summed E-state index contributed by atoms with van der Waals surface area (Å²) in [7, 11) is 0. The average molecular weight is 546 g/mol. The molecule has 5 rings (SSSR count). The molecule has 0 spiro atoms. The van der Waals surface area contributed by atoms with E-state index in [0.29, 0.717) is 34.7 Å². The molecular weight excluding hydrogens is 522 g/mol. The number of carbonyl (C=O) groups is 1. The Labute approximate surface area is 227 Å². The molecule has 1 aliphatic rings. The normalized spacial score (nSPS) is 15.5. The third-order valence-corrected chi connectivity index (χ3v) is 7.61. The Morgan fingerprint density at radius 2 is 1.89 bits per heavy atom. The molecule has 0 atom stereocenters. The lowest BCUT2D eigenvalue weighted by atomic mass is 10.2. The summed E-state index contributed by atoms with van der Waals surface area (Å²) in [4.78, 5) is 36.2. The van der Waals surface area contributed by atoms with Crippen LogP contribution in [0.25, 0.3) is 6.08 Å². The number of hydrogen-bond acceptors (Lipinski definition) is 8. The fourth-order valence-electron chi connectivity index (χ4n) is 3.85. The number of ether oxygens (including phenoxy) is 1. The molecule has 11 heteroatoms. The van der Waals surface area contributed by atoms with Crippen LogP contribution in [0, 0.1) is 17.0 Å². The molecule has 0 unspecified atom stereocenters. The minimum Gasteiger partial charge on any atom is -0.489 e. The van der Waals surface area contributed by atoms with Gasteiger partial charge in [0.1, 0.15) is 25.1 Å². The topological polar surface area (TPSA) is 103 Å². The molecule has 9 nitrogen and oxygen atoms in total. The number of imidazole rings is 1. The largest absolute Gasteiger partial charge is 0.489 e. The minimum absolute atomic E-state index is 0.0601. The zero-order chi connectivity index (χ0) is 26.5. The van der Waals surface area contributed by atoms with Gasteiger partial charge in [-0.15, -0.1) is 11.3 Å². The number of nitro groups is 1. The first kappa shape index (κ1) is 25.4. The Morgan fingerprint density at radius 1 is 1.11 bits per heavy atom. The summed E-state index contributed by atoms with van der Waals surface area (Å²) in [6, 6.07) is 20.9. The van der Waals surface area contributed by atoms with E-state index in [9.17, 15) is 14.9 Å². The summed E-state index contributed by atoms with van der Waals surface area (Å²) in [5.41, 5.74) is 1.64. The van der Waals surface area contributed by atoms with Crippen LogP contribution in [0.15, 0.2) is 88.2 Å². The lowest BCUT2D eigenvalue weighted by molar-refractivity contribution is -0.392. The molecular formula is C27H23N5O4S2. The molecule has 0 aliphatic carbocycles. The maximum Gasteiger partial charge on any atom is 0.342 e. The third-order valence-electron chi connectivity index (χ3n) is 5.75. The Balaban J connectivity index is 1.28. The number of nitrogens with zero attached hydrogens (tertiary/aromatic N) is 5. The smallest absolute Gasteiger partial charge is 0.342 e. The fraction of sp³-hybridized carbons (Fsp3) is 0.148. The van der Waals surface area contributed by atoms with Crippen molar-refractivity contribution in [2.45, 2.75) is 20.0 Å². The molecule has 0 bridgehead atoms. The van der Waals surface area contributed by atoms with Gasteiger partial charge in [0.05, 0.1) is 17.1 Å². The molecule has 38 heavy (non-hydrogen) atoms. The van der Waals surface area contributed by atoms with Gasteiger partial charge in [-0.05, 0) is 64.0 Å². The maximum absolute atomic E-state index is 13.3. The van der Waals surface area contributed by atoms with E-state index in [0.717, 1.165) is 16.1 Å². The van der Waals surface area contributed by atoms with Gasteiger partial charge in [0.15, 0.2) is 11.0 Å². The summed E-state index contributed by atoms with van der Waals surface area (Å²) in [5.74, 6) is 1.04. The van der Waals surface area contributed by atoms with E-state index in [1.54, 1.807) is 23.2 Å². The summed E-state index contributed by atoms with van der Waals surface area (Å²) >= 11 is 2.96. The maximum atomic E-state index is 13.3. The van der Waals surface area contributed by atoms with Crippen LogP contribution in [0.4, 0.5) is 11.5 Å². The lowest BCUT2D eigenvalue weighted by Crippen LogP contribution is -2.28. The van der Waals surface area contributed by atoms with Gasteiger partial charge >= 0.3 is 5.82 Å². The van der Waals surface area contributed by atoms with E-state index in [4.69, 9.17) is 9.73 Å². The molecule has 192 valence electrons. The number of amides is 1. The van der Waals surface area contributed by atoms with Crippen molar-refractivity contribution in [1.82, 2.24) is 14.5 Å². The number of para-hydroxylation sites is 1. The number of aromatic nitrogens is 2. The number of thiophene rings is 1. The number of hydrogen-bond donors (Lipinski definition) is 0. The quantitative estimate of drug-likeness (QED) is 0.144. The molecule has 1 fully saturated rings. The second kappa shape index (κ2) is 11.4. The lowest BCUT2D eigenvalue weighted by Gasteiger charge is -2.14. The van der Waals surface area contributed by atoms with E-state index < -0.39 is 4.92 Å². The van der Waals surface area contributed by atoms with Crippen LogP contribution in [0.5, 0.6) is 5.75 Å². The third kappa shape index (κ3) is 5.84. The van der Waals surface area contributed by atoms with E-state index in [2.05, 4.69) is 4.98 Å². The highest BCUT2D eigenvalue weighted by atomic mass is 32.2. The van der Waals surface area contributed by atoms with Gasteiger partial charge in [-0.2, -0.15) is 0 Å². The van der Waals surface area contributed by atoms with E-state index in [-0.39, 0.29) is 18.3 Å². The van der Waals surface area contributed by atoms with Crippen molar-refractivity contribution in [3.63, 3.8) is 0 Å². The van der Waals surface area contributed by atoms with Crippen LogP contribution in [0.1, 0.15) is 16.3 Å². The van der Waals surface area contributed by atoms with Crippen LogP contribution in [0.3, 0.4) is 0 Å². The number of carbonyl (C=O) groups excluding carboxylic acids is 1. The molecule has 3 heterocycles. The predicted octanol–water partition coefficient (Wildman–Crippen LogP) is 6.04. The first-order chi connectivity index (χ1) is 18.5. The molecule has 2 aromatic carbocycles. The predicted molar refractivity (Wildman–Crippen MR) is 150 cm³/mol. The number of aryl methyl sites for hydroxylation is 1. The highest BCUT2D eigenvalue weighted by molar-refractivity contribution is 8.18. The molecule has 0 radical (unpaired) electrons. The van der Waals surface area contributed by atoms with Gasteiger partial charge in [-0.3, -0.25) is 9.69 Å². The molecule has 2 aromatic heterocycles. The molecule has 1 saturated heterocycles. The number of benzene rings is 2. The SMILES string of the molecule is Cc1ncc([N+](=O)[O-])n1CCOc1ccc(/C=C2\SC(=Nc3ccccc3)N(Cc3cccs3)C2=O)cc1. The van der Waals surface area contributed by atoms with Gasteiger partial charge in [-0.1, -0.05) is 36.4 Å². The Morgan fingerprint density at radius 3 is 2.61 bits per heavy atom. The zero-order valence-corrected chi connectivity index (χ0v) is 22.0. The molecule has 0 saturated carbocycles. The summed E-state index contributed by atoms with van der Waals surface area (Å²) in [6.07, 6.45) is 3.10. The Bertz CT molecular complexity index is 1500. The summed E-state index contributed by atoms with van der Waals surface area (Å²) in [6.45, 7) is 2.75. The van der Waals surface area contributed by atoms with Gasteiger partial charge in [0.25, 0.3) is 5.91 Å². The van der Waals surface area contributed by atoms with Crippen molar-refractivity contribution in [1.29, 1.82) is 0 Å². The van der Waals surface area contributed by atoms with Crippen molar-refractivity contribution in [3.05, 3.63) is 110 Å². The fourth-order valence-corrected chi connectivity index (χ4v) is 5.54. The first-order valence-electron chi connectivity index (χ1n) is 11.7. The van der Waals surface area contributed by atoms with E-state index >= 15 is 0 Å². The second-order valence-electron chi connectivity index (χ2n) is 8.30. The van der Waals surface area contributed by atoms with Crippen molar-refractivity contribution in [3.8, 4) is 5.75 Å². The van der Waals surface area contributed by atoms with E-state index in [1.165, 1.54) is 22.5 Å². The van der Waals surface area contributed by atoms with Crippen molar-refractivity contribution < 1.29 is 14.5 Å². The zero-order valence-electron chi connectivity index (χ0n) is 20.4. The van der Waals surface area contributed by atoms with Crippen LogP contribution in [-0.2, 0) is 17.9 Å². The summed E-state index contributed by atoms with van der Waals surface area (Å²) < 4.78 is 7.30. The standard InChI is InChI=1S/C27H23N5O4S2/c1-19-28-17-25(32(34)35)30(19)13-14-36-22-11-9-20(10-12-22)16-24-26(33)31(18-23-8-5-15-37-23)27(38-24)29-21-6-3-2-4-7-21/h2-12,15-17H,13-14,18H2,1H3/b24-16-,29-27?. The van der Waals surface area contributed by atoms with Crippen LogP contribution in [-0.4, -0.2) is 37.1 Å². The Kier molecular flexibility index (Phi) is 7.66. The number of aliphatic imine (C=N–C) groups is 1. The van der Waals surface area contributed by atoms with Crippen molar-refractivity contribution >= 4 is 51.8 Å².